The van der Waals surface area contributed by atoms with Crippen LogP contribution in [0.15, 0.2) is 55.1 Å². The van der Waals surface area contributed by atoms with Crippen molar-refractivity contribution in [1.82, 2.24) is 39.7 Å². The molecule has 7 aromatic heterocycles. The first-order valence-corrected chi connectivity index (χ1v) is 12.3. The average Bonchev–Trinajstić information content (AvgIpc) is 3.60. The van der Waals surface area contributed by atoms with Crippen molar-refractivity contribution in [3.05, 3.63) is 55.1 Å². The van der Waals surface area contributed by atoms with E-state index in [0.717, 1.165) is 42.2 Å². The van der Waals surface area contributed by atoms with Crippen LogP contribution in [0.2, 0.25) is 0 Å². The lowest BCUT2D eigenvalue weighted by Gasteiger charge is -2.19. The summed E-state index contributed by atoms with van der Waals surface area (Å²) in [5.41, 5.74) is 4.40. The van der Waals surface area contributed by atoms with Gasteiger partial charge in [-0.2, -0.15) is 5.10 Å². The molecular formula is C26H20N8OS. The number of hydrogen-bond acceptors (Lipinski definition) is 7. The lowest BCUT2D eigenvalue weighted by Crippen LogP contribution is -2.26. The Morgan fingerprint density at radius 3 is 2.67 bits per heavy atom. The number of nitrogens with zero attached hydrogens (tertiary/aromatic N) is 6. The van der Waals surface area contributed by atoms with E-state index in [1.165, 1.54) is 11.3 Å². The van der Waals surface area contributed by atoms with Gasteiger partial charge in [-0.25, -0.2) is 9.97 Å². The molecule has 7 aromatic rings. The maximum atomic E-state index is 13.7. The number of fused-ring (bicyclic) bond motifs is 9. The van der Waals surface area contributed by atoms with E-state index in [4.69, 9.17) is 4.98 Å². The van der Waals surface area contributed by atoms with E-state index < -0.39 is 5.41 Å². The van der Waals surface area contributed by atoms with Gasteiger partial charge < -0.3 is 4.98 Å². The van der Waals surface area contributed by atoms with Crippen LogP contribution in [-0.2, 0) is 0 Å². The Bertz CT molecular complexity index is 2070. The van der Waals surface area contributed by atoms with Gasteiger partial charge in [-0.3, -0.25) is 24.4 Å². The number of rotatable bonds is 0. The standard InChI is InChI=1S/C26H20N8OS/c1-26(2,3)25(35)34-15-8-13(10-27-12-15)14-9-16-20(32-33-23(16)29-11-14)24-30-17-6-7-28-22(21(17)31-24)18-4-5-19(34)36-18/h4-12H,1-3H3,(H,30,31)(H,29,32,33). The van der Waals surface area contributed by atoms with E-state index >= 15 is 0 Å². The Balaban J connectivity index is 1.77. The fourth-order valence-electron chi connectivity index (χ4n) is 4.43. The molecule has 0 saturated heterocycles. The number of carbonyl (C=O) groups excluding carboxylic acids is 1. The summed E-state index contributed by atoms with van der Waals surface area (Å²) in [6, 6.07) is 9.84. The number of pyridine rings is 3. The van der Waals surface area contributed by atoms with Crippen LogP contribution in [0, 0.1) is 5.41 Å². The quantitative estimate of drug-likeness (QED) is 0.272. The van der Waals surface area contributed by atoms with Gasteiger partial charge in [0.2, 0.25) is 5.91 Å². The second kappa shape index (κ2) is 7.28. The molecule has 0 atom stereocenters. The van der Waals surface area contributed by atoms with E-state index in [2.05, 4.69) is 30.1 Å². The van der Waals surface area contributed by atoms with Gasteiger partial charge in [0.15, 0.2) is 11.3 Å². The molecule has 0 fully saturated rings. The zero-order chi connectivity index (χ0) is 24.6. The Labute approximate surface area is 207 Å². The molecule has 0 amide bonds. The van der Waals surface area contributed by atoms with Crippen LogP contribution >= 0.6 is 11.3 Å². The van der Waals surface area contributed by atoms with Gasteiger partial charge in [-0.15, -0.1) is 11.3 Å². The number of H-pyrrole nitrogens is 2. The summed E-state index contributed by atoms with van der Waals surface area (Å²) in [6.45, 7) is 5.76. The first-order valence-electron chi connectivity index (χ1n) is 11.5. The minimum Gasteiger partial charge on any atom is -0.336 e. The van der Waals surface area contributed by atoms with Crippen molar-refractivity contribution in [3.8, 4) is 0 Å². The van der Waals surface area contributed by atoms with Crippen molar-refractivity contribution < 1.29 is 4.79 Å². The van der Waals surface area contributed by atoms with Crippen LogP contribution in [-0.4, -0.2) is 45.6 Å². The molecule has 0 unspecified atom stereocenters. The Kier molecular flexibility index (Phi) is 4.23. The van der Waals surface area contributed by atoms with Crippen LogP contribution < -0.4 is 0 Å². The monoisotopic (exact) mass is 492 g/mol. The van der Waals surface area contributed by atoms with Crippen LogP contribution in [0.5, 0.6) is 0 Å². The highest BCUT2D eigenvalue weighted by atomic mass is 32.1. The fraction of sp³-hybridized carbons (Fsp3) is 0.154. The Hall–Kier alpha value is -4.44. The van der Waals surface area contributed by atoms with Crippen molar-refractivity contribution in [1.29, 1.82) is 0 Å². The third-order valence-corrected chi connectivity index (χ3v) is 7.32. The molecule has 9 nitrogen and oxygen atoms in total. The van der Waals surface area contributed by atoms with E-state index in [1.807, 2.05) is 51.1 Å². The Morgan fingerprint density at radius 2 is 1.81 bits per heavy atom. The molecular weight excluding hydrogens is 472 g/mol. The van der Waals surface area contributed by atoms with Crippen molar-refractivity contribution in [2.75, 3.05) is 0 Å². The zero-order valence-electron chi connectivity index (χ0n) is 19.7. The number of carbonyl (C=O) groups is 1. The topological polar surface area (TPSA) is 118 Å². The number of aromatic amines is 2. The number of aromatic nitrogens is 8. The molecule has 8 bridgehead atoms. The van der Waals surface area contributed by atoms with Gasteiger partial charge in [-0.1, -0.05) is 20.8 Å². The van der Waals surface area contributed by atoms with Gasteiger partial charge >= 0.3 is 0 Å². The van der Waals surface area contributed by atoms with Crippen LogP contribution in [0.4, 0.5) is 0 Å². The summed E-state index contributed by atoms with van der Waals surface area (Å²) in [5, 5.41) is 10.1. The second-order valence-electron chi connectivity index (χ2n) is 9.79. The normalized spacial score (nSPS) is 12.4. The molecule has 176 valence electrons. The van der Waals surface area contributed by atoms with Crippen molar-refractivity contribution in [2.24, 2.45) is 5.41 Å². The molecule has 0 radical (unpaired) electrons. The van der Waals surface area contributed by atoms with Crippen molar-refractivity contribution >= 4 is 81.8 Å². The first kappa shape index (κ1) is 20.9. The van der Waals surface area contributed by atoms with Gasteiger partial charge in [0.05, 0.1) is 27.3 Å². The SMILES string of the molecule is CC(C)(C)C(=O)n1c2cncc(c2)c2cnc3[nH]nc(c4nc5c(ccnc5c5ccc1s5)[nH]4)c3c2. The molecule has 0 aromatic carbocycles. The van der Waals surface area contributed by atoms with Gasteiger partial charge in [0, 0.05) is 34.8 Å². The maximum Gasteiger partial charge on any atom is 0.237 e. The largest absolute Gasteiger partial charge is 0.336 e. The predicted molar refractivity (Wildman–Crippen MR) is 143 cm³/mol. The van der Waals surface area contributed by atoms with E-state index in [9.17, 15) is 4.79 Å². The molecule has 2 N–H and O–H groups in total. The second-order valence-corrected chi connectivity index (χ2v) is 10.9. The van der Waals surface area contributed by atoms with Gasteiger partial charge in [0.25, 0.3) is 0 Å². The molecule has 36 heavy (non-hydrogen) atoms. The molecule has 0 aliphatic rings. The van der Waals surface area contributed by atoms with Crippen LogP contribution in [0.1, 0.15) is 25.6 Å². The predicted octanol–water partition coefficient (Wildman–Crippen LogP) is 5.91. The molecule has 0 spiro atoms. The minimum absolute atomic E-state index is 0.0295. The smallest absolute Gasteiger partial charge is 0.237 e. The van der Waals surface area contributed by atoms with E-state index in [1.54, 1.807) is 29.4 Å². The van der Waals surface area contributed by atoms with E-state index in [-0.39, 0.29) is 5.91 Å². The van der Waals surface area contributed by atoms with Gasteiger partial charge in [0.1, 0.15) is 21.4 Å². The van der Waals surface area contributed by atoms with Crippen molar-refractivity contribution in [2.45, 2.75) is 20.8 Å². The first-order chi connectivity index (χ1) is 17.4. The molecule has 0 aliphatic heterocycles. The third-order valence-electron chi connectivity index (χ3n) is 6.25. The summed E-state index contributed by atoms with van der Waals surface area (Å²) in [7, 11) is 0. The summed E-state index contributed by atoms with van der Waals surface area (Å²) >= 11 is 1.50. The molecule has 0 aliphatic carbocycles. The molecule has 7 rings (SSSR count). The van der Waals surface area contributed by atoms with Crippen molar-refractivity contribution in [3.63, 3.8) is 0 Å². The average molecular weight is 493 g/mol. The lowest BCUT2D eigenvalue weighted by molar-refractivity contribution is 0.0778. The summed E-state index contributed by atoms with van der Waals surface area (Å²) in [5.74, 6) is -0.0295. The highest BCUT2D eigenvalue weighted by Crippen LogP contribution is 2.30. The fourth-order valence-corrected chi connectivity index (χ4v) is 5.46. The molecule has 0 saturated carbocycles. The summed E-state index contributed by atoms with van der Waals surface area (Å²) in [4.78, 5) is 36.5. The van der Waals surface area contributed by atoms with E-state index in [0.29, 0.717) is 22.3 Å². The third kappa shape index (κ3) is 3.07. The van der Waals surface area contributed by atoms with Gasteiger partial charge in [-0.05, 0) is 30.3 Å². The highest BCUT2D eigenvalue weighted by Gasteiger charge is 2.24. The molecule has 10 heteroatoms. The number of imidazole rings is 1. The lowest BCUT2D eigenvalue weighted by atomic mass is 9.95. The zero-order valence-corrected chi connectivity index (χ0v) is 20.5. The number of hydrogen-bond donors (Lipinski definition) is 2. The number of thiophene rings is 1. The molecule has 7 heterocycles. The minimum atomic E-state index is -0.607. The highest BCUT2D eigenvalue weighted by molar-refractivity contribution is 7.24. The maximum absolute atomic E-state index is 13.7. The van der Waals surface area contributed by atoms with Crippen LogP contribution in [0.3, 0.4) is 0 Å². The Morgan fingerprint density at radius 1 is 0.944 bits per heavy atom. The summed E-state index contributed by atoms with van der Waals surface area (Å²) < 4.78 is 2.66. The summed E-state index contributed by atoms with van der Waals surface area (Å²) in [6.07, 6.45) is 7.04. The van der Waals surface area contributed by atoms with Crippen LogP contribution in [0.25, 0.3) is 64.6 Å². The number of nitrogens with one attached hydrogen (secondary N) is 2.